The summed E-state index contributed by atoms with van der Waals surface area (Å²) in [7, 11) is 0. The smallest absolute Gasteiger partial charge is 0.305 e. The quantitative estimate of drug-likeness (QED) is 0.0320. The zero-order valence-corrected chi connectivity index (χ0v) is 60.7. The van der Waals surface area contributed by atoms with E-state index in [1.165, 1.54) is 392 Å². The summed E-state index contributed by atoms with van der Waals surface area (Å²) in [5.74, 6) is -0.0142. The van der Waals surface area contributed by atoms with Crippen LogP contribution in [0, 0.1) is 0 Å². The van der Waals surface area contributed by atoms with E-state index in [9.17, 15) is 19.8 Å². The summed E-state index contributed by atoms with van der Waals surface area (Å²) in [6.07, 6.45) is 101. The van der Waals surface area contributed by atoms with Crippen molar-refractivity contribution in [3.05, 3.63) is 24.3 Å². The van der Waals surface area contributed by atoms with Crippen LogP contribution in [0.4, 0.5) is 0 Å². The van der Waals surface area contributed by atoms with Gasteiger partial charge in [-0.25, -0.2) is 0 Å². The summed E-state index contributed by atoms with van der Waals surface area (Å²) >= 11 is 0. The first-order chi connectivity index (χ1) is 44.0. The third-order valence-electron chi connectivity index (χ3n) is 19.5. The number of hydrogen-bond acceptors (Lipinski definition) is 5. The lowest BCUT2D eigenvalue weighted by atomic mass is 10.0. The maximum atomic E-state index is 12.6. The van der Waals surface area contributed by atoms with Crippen molar-refractivity contribution in [1.82, 2.24) is 5.32 Å². The summed E-state index contributed by atoms with van der Waals surface area (Å²) < 4.78 is 5.48. The molecule has 2 unspecified atom stereocenters. The van der Waals surface area contributed by atoms with Crippen molar-refractivity contribution >= 4 is 11.9 Å². The number of aliphatic hydroxyl groups is 2. The number of allylic oxidation sites excluding steroid dienone is 4. The summed E-state index contributed by atoms with van der Waals surface area (Å²) in [6, 6.07) is -0.540. The molecule has 0 fully saturated rings. The maximum Gasteiger partial charge on any atom is 0.305 e. The molecule has 89 heavy (non-hydrogen) atoms. The second kappa shape index (κ2) is 78.8. The highest BCUT2D eigenvalue weighted by Crippen LogP contribution is 2.20. The van der Waals surface area contributed by atoms with Crippen molar-refractivity contribution in [3.63, 3.8) is 0 Å². The molecule has 0 radical (unpaired) electrons. The van der Waals surface area contributed by atoms with Crippen molar-refractivity contribution in [2.45, 2.75) is 482 Å². The second-order valence-electron chi connectivity index (χ2n) is 28.5. The van der Waals surface area contributed by atoms with Crippen LogP contribution in [0.5, 0.6) is 0 Å². The number of esters is 1. The van der Waals surface area contributed by atoms with Gasteiger partial charge >= 0.3 is 5.97 Å². The first-order valence-corrected chi connectivity index (χ1v) is 41.1. The molecule has 0 spiro atoms. The lowest BCUT2D eigenvalue weighted by Crippen LogP contribution is -2.45. The fraction of sp³-hybridized carbons (Fsp3) is 0.928. The Kier molecular flexibility index (Phi) is 77.3. The predicted octanol–water partition coefficient (Wildman–Crippen LogP) is 27.2. The van der Waals surface area contributed by atoms with E-state index in [1.54, 1.807) is 0 Å². The summed E-state index contributed by atoms with van der Waals surface area (Å²) in [5, 5.41) is 23.5. The Bertz CT molecular complexity index is 1400. The molecule has 0 aromatic rings. The van der Waals surface area contributed by atoms with Crippen LogP contribution in [0.3, 0.4) is 0 Å². The minimum absolute atomic E-state index is 0.0110. The Morgan fingerprint density at radius 2 is 0.528 bits per heavy atom. The molecule has 6 heteroatoms. The highest BCUT2D eigenvalue weighted by Gasteiger charge is 2.20. The van der Waals surface area contributed by atoms with Crippen molar-refractivity contribution in [1.29, 1.82) is 0 Å². The maximum absolute atomic E-state index is 12.6. The topological polar surface area (TPSA) is 95.9 Å². The lowest BCUT2D eigenvalue weighted by molar-refractivity contribution is -0.143. The molecule has 0 saturated heterocycles. The van der Waals surface area contributed by atoms with Crippen LogP contribution in [-0.2, 0) is 14.3 Å². The summed E-state index contributed by atoms with van der Waals surface area (Å²) in [4.78, 5) is 24.6. The monoisotopic (exact) mass is 1250 g/mol. The Balaban J connectivity index is 3.35. The third kappa shape index (κ3) is 75.3. The molecule has 0 rings (SSSR count). The van der Waals surface area contributed by atoms with Gasteiger partial charge in [-0.15, -0.1) is 0 Å². The molecule has 0 bridgehead atoms. The van der Waals surface area contributed by atoms with Gasteiger partial charge in [-0.1, -0.05) is 404 Å². The predicted molar refractivity (Wildman–Crippen MR) is 393 cm³/mol. The van der Waals surface area contributed by atoms with Crippen molar-refractivity contribution < 1.29 is 24.5 Å². The number of amides is 1. The first kappa shape index (κ1) is 87.3. The highest BCUT2D eigenvalue weighted by atomic mass is 16.5. The molecule has 6 nitrogen and oxygen atoms in total. The lowest BCUT2D eigenvalue weighted by Gasteiger charge is -2.22. The molecule has 0 aliphatic carbocycles. The van der Waals surface area contributed by atoms with E-state index in [-0.39, 0.29) is 18.5 Å². The highest BCUT2D eigenvalue weighted by molar-refractivity contribution is 5.76. The number of aliphatic hydroxyl groups excluding tert-OH is 2. The van der Waals surface area contributed by atoms with Gasteiger partial charge in [0.25, 0.3) is 0 Å². The van der Waals surface area contributed by atoms with E-state index in [1.807, 2.05) is 0 Å². The molecular weight excluding hydrogens is 1090 g/mol. The minimum atomic E-state index is -0.663. The van der Waals surface area contributed by atoms with E-state index >= 15 is 0 Å². The van der Waals surface area contributed by atoms with Gasteiger partial charge in [-0.05, 0) is 77.0 Å². The minimum Gasteiger partial charge on any atom is -0.466 e. The Labute approximate surface area is 558 Å². The average Bonchev–Trinajstić information content (AvgIpc) is 3.65. The Hall–Kier alpha value is -1.66. The largest absolute Gasteiger partial charge is 0.466 e. The number of nitrogens with one attached hydrogen (secondary N) is 1. The fourth-order valence-corrected chi connectivity index (χ4v) is 13.2. The second-order valence-corrected chi connectivity index (χ2v) is 28.5. The van der Waals surface area contributed by atoms with Gasteiger partial charge in [0.1, 0.15) is 0 Å². The molecule has 0 aromatic heterocycles. The van der Waals surface area contributed by atoms with Gasteiger partial charge in [0.2, 0.25) is 5.91 Å². The number of hydrogen-bond donors (Lipinski definition) is 3. The van der Waals surface area contributed by atoms with Crippen LogP contribution in [0.25, 0.3) is 0 Å². The number of carbonyl (C=O) groups is 2. The van der Waals surface area contributed by atoms with E-state index in [0.717, 1.165) is 44.9 Å². The van der Waals surface area contributed by atoms with Crippen LogP contribution in [0.15, 0.2) is 24.3 Å². The molecule has 0 aliphatic rings. The zero-order chi connectivity index (χ0) is 64.2. The van der Waals surface area contributed by atoms with Gasteiger partial charge in [0.15, 0.2) is 0 Å². The number of carbonyl (C=O) groups excluding carboxylic acids is 2. The molecule has 528 valence electrons. The Morgan fingerprint density at radius 3 is 0.820 bits per heavy atom. The van der Waals surface area contributed by atoms with Crippen LogP contribution in [0.1, 0.15) is 470 Å². The van der Waals surface area contributed by atoms with Crippen molar-refractivity contribution in [2.24, 2.45) is 0 Å². The molecule has 0 aromatic carbocycles. The fourth-order valence-electron chi connectivity index (χ4n) is 13.2. The SMILES string of the molecule is CCCCC/C=C\CCCCCCCC(=O)OCCCCCCCCCCCCCCCC/C=C\CCCCCCCCCCCCCCCCCCCC(=O)NC(CO)C(O)CCCCCCCCCCCCCCCCCCCCCCCCCCC. The van der Waals surface area contributed by atoms with Crippen LogP contribution in [0.2, 0.25) is 0 Å². The molecule has 1 amide bonds. The normalized spacial score (nSPS) is 12.5. The summed E-state index contributed by atoms with van der Waals surface area (Å²) in [6.45, 7) is 4.98. The van der Waals surface area contributed by atoms with Gasteiger partial charge in [-0.2, -0.15) is 0 Å². The number of rotatable bonds is 78. The van der Waals surface area contributed by atoms with E-state index in [0.29, 0.717) is 25.9 Å². The molecule has 0 aliphatic heterocycles. The van der Waals surface area contributed by atoms with Gasteiger partial charge < -0.3 is 20.3 Å². The van der Waals surface area contributed by atoms with Crippen molar-refractivity contribution in [3.8, 4) is 0 Å². The van der Waals surface area contributed by atoms with Gasteiger partial charge in [0, 0.05) is 12.8 Å². The molecule has 3 N–H and O–H groups in total. The summed E-state index contributed by atoms with van der Waals surface area (Å²) in [5.41, 5.74) is 0. The van der Waals surface area contributed by atoms with E-state index < -0.39 is 12.1 Å². The Morgan fingerprint density at radius 1 is 0.303 bits per heavy atom. The van der Waals surface area contributed by atoms with Crippen molar-refractivity contribution in [2.75, 3.05) is 13.2 Å². The zero-order valence-electron chi connectivity index (χ0n) is 60.7. The molecular formula is C83H161NO5. The number of unbranched alkanes of at least 4 members (excludes halogenated alkanes) is 63. The molecule has 0 saturated carbocycles. The van der Waals surface area contributed by atoms with Crippen LogP contribution < -0.4 is 5.32 Å². The van der Waals surface area contributed by atoms with Crippen LogP contribution >= 0.6 is 0 Å². The number of ether oxygens (including phenoxy) is 1. The standard InChI is InChI=1S/C83H161NO5/c1-3-5-7-9-11-13-15-17-18-19-20-21-22-34-37-40-43-46-49-52-55-59-63-67-71-75-81(86)80(79-85)84-82(87)76-72-68-64-60-56-53-50-47-44-41-38-35-32-30-28-26-24-23-25-27-29-31-33-36-39-42-45-48-51-54-58-62-66-70-74-78-89-83(88)77-73-69-65-61-57-16-14-12-10-8-6-4-2/h12,14,25,27,80-81,85-86H,3-11,13,15-24,26,28-79H2,1-2H3,(H,84,87)/b14-12-,27-25-. The molecule has 2 atom stereocenters. The van der Waals surface area contributed by atoms with Gasteiger partial charge in [0.05, 0.1) is 25.4 Å². The first-order valence-electron chi connectivity index (χ1n) is 41.1. The van der Waals surface area contributed by atoms with Crippen LogP contribution in [-0.4, -0.2) is 47.4 Å². The van der Waals surface area contributed by atoms with E-state index in [4.69, 9.17) is 4.74 Å². The molecule has 0 heterocycles. The van der Waals surface area contributed by atoms with E-state index in [2.05, 4.69) is 43.5 Å². The van der Waals surface area contributed by atoms with Gasteiger partial charge in [-0.3, -0.25) is 9.59 Å². The third-order valence-corrected chi connectivity index (χ3v) is 19.5. The average molecular weight is 1250 g/mol.